The number of halogens is 1. The summed E-state index contributed by atoms with van der Waals surface area (Å²) in [6.45, 7) is 1.84. The standard InChI is InChI=1S/C24H27FN2O4/c1-3-11-30-17-21(28)15-27(14-18-5-4-6-22(12-18)29-2)16-23-13-24(26-31-23)19-7-9-20(25)10-8-19/h1,4-10,12,21,23,28H,11,13-17H2,2H3/t21-,23+/m1/s1. The molecule has 0 unspecified atom stereocenters. The molecule has 0 saturated carbocycles. The van der Waals surface area contributed by atoms with Crippen LogP contribution >= 0.6 is 0 Å². The minimum atomic E-state index is -0.696. The summed E-state index contributed by atoms with van der Waals surface area (Å²) in [6.07, 6.45) is 4.92. The molecule has 0 saturated heterocycles. The van der Waals surface area contributed by atoms with Crippen molar-refractivity contribution in [1.29, 1.82) is 0 Å². The molecular weight excluding hydrogens is 399 g/mol. The van der Waals surface area contributed by atoms with Crippen molar-refractivity contribution < 1.29 is 23.8 Å². The zero-order valence-corrected chi connectivity index (χ0v) is 17.5. The highest BCUT2D eigenvalue weighted by Crippen LogP contribution is 2.20. The predicted molar refractivity (Wildman–Crippen MR) is 116 cm³/mol. The van der Waals surface area contributed by atoms with Crippen LogP contribution < -0.4 is 4.74 Å². The second-order valence-electron chi connectivity index (χ2n) is 7.40. The molecule has 0 aliphatic carbocycles. The highest BCUT2D eigenvalue weighted by molar-refractivity contribution is 6.01. The molecule has 0 spiro atoms. The topological polar surface area (TPSA) is 63.5 Å². The smallest absolute Gasteiger partial charge is 0.145 e. The van der Waals surface area contributed by atoms with E-state index in [-0.39, 0.29) is 25.1 Å². The average molecular weight is 426 g/mol. The van der Waals surface area contributed by atoms with E-state index in [4.69, 9.17) is 20.7 Å². The van der Waals surface area contributed by atoms with Crippen molar-refractivity contribution >= 4 is 5.71 Å². The molecule has 6 nitrogen and oxygen atoms in total. The number of aliphatic hydroxyl groups excluding tert-OH is 1. The van der Waals surface area contributed by atoms with E-state index in [1.54, 1.807) is 19.2 Å². The molecule has 0 amide bonds. The zero-order valence-electron chi connectivity index (χ0n) is 17.5. The maximum Gasteiger partial charge on any atom is 0.145 e. The Labute approximate surface area is 182 Å². The van der Waals surface area contributed by atoms with Gasteiger partial charge in [0, 0.05) is 26.1 Å². The van der Waals surface area contributed by atoms with Crippen LogP contribution in [0.4, 0.5) is 4.39 Å². The van der Waals surface area contributed by atoms with Gasteiger partial charge in [-0.2, -0.15) is 0 Å². The van der Waals surface area contributed by atoms with E-state index < -0.39 is 6.10 Å². The SMILES string of the molecule is C#CCOC[C@H](O)CN(Cc1cccc(OC)c1)C[C@@H]1CC(c2ccc(F)cc2)=NO1. The molecule has 164 valence electrons. The van der Waals surface area contributed by atoms with E-state index in [0.29, 0.717) is 26.1 Å². The number of aliphatic hydroxyl groups is 1. The van der Waals surface area contributed by atoms with Crippen LogP contribution in [0.15, 0.2) is 53.7 Å². The molecule has 2 atom stereocenters. The third-order valence-electron chi connectivity index (χ3n) is 4.88. The van der Waals surface area contributed by atoms with Gasteiger partial charge in [0.15, 0.2) is 0 Å². The number of oxime groups is 1. The lowest BCUT2D eigenvalue weighted by Gasteiger charge is -2.27. The summed E-state index contributed by atoms with van der Waals surface area (Å²) in [6, 6.07) is 14.0. The van der Waals surface area contributed by atoms with Crippen molar-refractivity contribution in [3.63, 3.8) is 0 Å². The van der Waals surface area contributed by atoms with Crippen molar-refractivity contribution in [2.45, 2.75) is 25.2 Å². The van der Waals surface area contributed by atoms with Crippen LogP contribution in [-0.4, -0.2) is 61.3 Å². The van der Waals surface area contributed by atoms with Gasteiger partial charge in [-0.1, -0.05) is 35.3 Å². The Kier molecular flexibility index (Phi) is 8.42. The van der Waals surface area contributed by atoms with Gasteiger partial charge in [-0.05, 0) is 35.4 Å². The summed E-state index contributed by atoms with van der Waals surface area (Å²) in [5, 5.41) is 14.6. The predicted octanol–water partition coefficient (Wildman–Crippen LogP) is 2.84. The van der Waals surface area contributed by atoms with Gasteiger partial charge in [0.25, 0.3) is 0 Å². The Morgan fingerprint density at radius 2 is 2.13 bits per heavy atom. The first-order valence-electron chi connectivity index (χ1n) is 10.1. The number of benzene rings is 2. The summed E-state index contributed by atoms with van der Waals surface area (Å²) in [5.74, 6) is 2.88. The number of ether oxygens (including phenoxy) is 2. The van der Waals surface area contributed by atoms with Crippen molar-refractivity contribution in [2.24, 2.45) is 5.16 Å². The van der Waals surface area contributed by atoms with Gasteiger partial charge in [0.05, 0.1) is 25.5 Å². The van der Waals surface area contributed by atoms with Gasteiger partial charge in [-0.3, -0.25) is 4.90 Å². The van der Waals surface area contributed by atoms with E-state index in [1.165, 1.54) is 12.1 Å². The average Bonchev–Trinajstić information content (AvgIpc) is 3.23. The van der Waals surface area contributed by atoms with Gasteiger partial charge in [-0.15, -0.1) is 6.42 Å². The van der Waals surface area contributed by atoms with Crippen LogP contribution in [0.2, 0.25) is 0 Å². The summed E-state index contributed by atoms with van der Waals surface area (Å²) < 4.78 is 23.8. The van der Waals surface area contributed by atoms with Gasteiger partial charge in [0.2, 0.25) is 0 Å². The number of hydrogen-bond donors (Lipinski definition) is 1. The molecule has 1 aliphatic heterocycles. The molecule has 0 fully saturated rings. The number of terminal acetylenes is 1. The lowest BCUT2D eigenvalue weighted by Crippen LogP contribution is -2.39. The number of rotatable bonds is 11. The fourth-order valence-corrected chi connectivity index (χ4v) is 3.46. The largest absolute Gasteiger partial charge is 0.497 e. The summed E-state index contributed by atoms with van der Waals surface area (Å²) in [4.78, 5) is 7.72. The van der Waals surface area contributed by atoms with Crippen molar-refractivity contribution in [1.82, 2.24) is 4.90 Å². The van der Waals surface area contributed by atoms with E-state index in [0.717, 1.165) is 22.6 Å². The minimum Gasteiger partial charge on any atom is -0.497 e. The lowest BCUT2D eigenvalue weighted by atomic mass is 10.0. The Bertz CT molecular complexity index is 911. The van der Waals surface area contributed by atoms with Gasteiger partial charge in [0.1, 0.15) is 24.3 Å². The second-order valence-corrected chi connectivity index (χ2v) is 7.40. The molecule has 2 aromatic carbocycles. The van der Waals surface area contributed by atoms with Gasteiger partial charge in [-0.25, -0.2) is 4.39 Å². The molecule has 1 heterocycles. The van der Waals surface area contributed by atoms with Crippen LogP contribution in [0.5, 0.6) is 5.75 Å². The first-order valence-corrected chi connectivity index (χ1v) is 10.1. The minimum absolute atomic E-state index is 0.154. The van der Waals surface area contributed by atoms with Crippen molar-refractivity contribution in [2.75, 3.05) is 33.4 Å². The van der Waals surface area contributed by atoms with Crippen LogP contribution in [0.1, 0.15) is 17.5 Å². The van der Waals surface area contributed by atoms with Gasteiger partial charge >= 0.3 is 0 Å². The number of methoxy groups -OCH3 is 1. The van der Waals surface area contributed by atoms with Crippen LogP contribution in [0, 0.1) is 18.2 Å². The number of hydrogen-bond acceptors (Lipinski definition) is 6. The summed E-state index contributed by atoms with van der Waals surface area (Å²) in [7, 11) is 1.63. The summed E-state index contributed by atoms with van der Waals surface area (Å²) >= 11 is 0. The van der Waals surface area contributed by atoms with Crippen molar-refractivity contribution in [3.05, 3.63) is 65.5 Å². The summed E-state index contributed by atoms with van der Waals surface area (Å²) in [5.41, 5.74) is 2.67. The molecule has 2 aromatic rings. The molecule has 3 rings (SSSR count). The number of nitrogens with zero attached hydrogens (tertiary/aromatic N) is 2. The van der Waals surface area contributed by atoms with Crippen LogP contribution in [0.3, 0.4) is 0 Å². The Hall–Kier alpha value is -2.92. The Morgan fingerprint density at radius 1 is 1.32 bits per heavy atom. The highest BCUT2D eigenvalue weighted by atomic mass is 19.1. The molecule has 31 heavy (non-hydrogen) atoms. The third kappa shape index (κ3) is 7.07. The molecule has 7 heteroatoms. The highest BCUT2D eigenvalue weighted by Gasteiger charge is 2.26. The molecule has 0 radical (unpaired) electrons. The van der Waals surface area contributed by atoms with E-state index in [2.05, 4.69) is 16.0 Å². The Balaban J connectivity index is 1.63. The molecule has 1 aliphatic rings. The first-order chi connectivity index (χ1) is 15.1. The maximum atomic E-state index is 13.2. The van der Waals surface area contributed by atoms with E-state index in [1.807, 2.05) is 24.3 Å². The fourth-order valence-electron chi connectivity index (χ4n) is 3.46. The molecule has 0 aromatic heterocycles. The second kappa shape index (κ2) is 11.5. The Morgan fingerprint density at radius 3 is 2.87 bits per heavy atom. The van der Waals surface area contributed by atoms with Gasteiger partial charge < -0.3 is 19.4 Å². The fraction of sp³-hybridized carbons (Fsp3) is 0.375. The molecular formula is C24H27FN2O4. The van der Waals surface area contributed by atoms with E-state index >= 15 is 0 Å². The maximum absolute atomic E-state index is 13.2. The van der Waals surface area contributed by atoms with E-state index in [9.17, 15) is 9.50 Å². The van der Waals surface area contributed by atoms with Crippen LogP contribution in [0.25, 0.3) is 0 Å². The van der Waals surface area contributed by atoms with Crippen molar-refractivity contribution in [3.8, 4) is 18.1 Å². The molecule has 1 N–H and O–H groups in total. The van der Waals surface area contributed by atoms with Crippen LogP contribution in [-0.2, 0) is 16.1 Å². The normalized spacial score (nSPS) is 16.5. The molecule has 0 bridgehead atoms. The first kappa shape index (κ1) is 22.8. The third-order valence-corrected chi connectivity index (χ3v) is 4.88. The quantitative estimate of drug-likeness (QED) is 0.442. The monoisotopic (exact) mass is 426 g/mol. The lowest BCUT2D eigenvalue weighted by molar-refractivity contribution is 0.00417. The zero-order chi connectivity index (χ0) is 22.1.